The lowest BCUT2D eigenvalue weighted by Gasteiger charge is -2.09. The molecule has 0 aliphatic heterocycles. The van der Waals surface area contributed by atoms with Crippen molar-refractivity contribution < 1.29 is 9.15 Å². The van der Waals surface area contributed by atoms with Crippen LogP contribution >= 0.6 is 11.8 Å². The molecule has 0 unspecified atom stereocenters. The Morgan fingerprint density at radius 2 is 2.17 bits per heavy atom. The summed E-state index contributed by atoms with van der Waals surface area (Å²) < 4.78 is 11.0. The first-order valence-electron chi connectivity index (χ1n) is 5.75. The topological polar surface area (TPSA) is 61.3 Å². The monoisotopic (exact) mass is 264 g/mol. The second-order valence-electron chi connectivity index (χ2n) is 3.82. The average molecular weight is 264 g/mol. The Labute approximate surface area is 111 Å². The molecule has 0 amide bonds. The Hall–Kier alpha value is -1.62. The van der Waals surface area contributed by atoms with Crippen molar-refractivity contribution in [3.63, 3.8) is 0 Å². The predicted octanol–water partition coefficient (Wildman–Crippen LogP) is 3.42. The minimum Gasteiger partial charge on any atom is -0.492 e. The lowest BCUT2D eigenvalue weighted by Crippen LogP contribution is -1.97. The molecule has 18 heavy (non-hydrogen) atoms. The summed E-state index contributed by atoms with van der Waals surface area (Å²) in [5.74, 6) is 1.53. The van der Waals surface area contributed by atoms with Crippen LogP contribution in [-0.2, 0) is 0 Å². The predicted molar refractivity (Wildman–Crippen MR) is 72.1 cm³/mol. The second-order valence-corrected chi connectivity index (χ2v) is 4.82. The number of nitrogen functional groups attached to an aromatic ring is 1. The number of rotatable bonds is 4. The van der Waals surface area contributed by atoms with Gasteiger partial charge in [-0.25, -0.2) is 4.98 Å². The van der Waals surface area contributed by atoms with Crippen molar-refractivity contribution in [3.8, 4) is 5.75 Å². The van der Waals surface area contributed by atoms with Crippen LogP contribution in [0, 0.1) is 13.8 Å². The van der Waals surface area contributed by atoms with Crippen molar-refractivity contribution in [2.75, 3.05) is 12.3 Å². The average Bonchev–Trinajstić information content (AvgIpc) is 2.64. The zero-order valence-corrected chi connectivity index (χ0v) is 11.5. The van der Waals surface area contributed by atoms with Gasteiger partial charge in [-0.05, 0) is 44.7 Å². The van der Waals surface area contributed by atoms with Gasteiger partial charge < -0.3 is 14.9 Å². The maximum atomic E-state index is 6.05. The summed E-state index contributed by atoms with van der Waals surface area (Å²) in [5.41, 5.74) is 7.57. The smallest absolute Gasteiger partial charge is 0.261 e. The number of ether oxygens (including phenoxy) is 1. The molecule has 0 atom stereocenters. The van der Waals surface area contributed by atoms with Crippen molar-refractivity contribution in [2.45, 2.75) is 30.9 Å². The van der Waals surface area contributed by atoms with E-state index in [4.69, 9.17) is 14.9 Å². The number of oxazole rings is 1. The van der Waals surface area contributed by atoms with Gasteiger partial charge in [0.15, 0.2) is 0 Å². The molecule has 1 aromatic heterocycles. The zero-order chi connectivity index (χ0) is 13.1. The van der Waals surface area contributed by atoms with E-state index >= 15 is 0 Å². The largest absolute Gasteiger partial charge is 0.492 e. The van der Waals surface area contributed by atoms with E-state index in [-0.39, 0.29) is 0 Å². The number of anilines is 1. The Morgan fingerprint density at radius 3 is 2.78 bits per heavy atom. The van der Waals surface area contributed by atoms with Crippen molar-refractivity contribution in [3.05, 3.63) is 29.7 Å². The Balaban J connectivity index is 2.26. The number of aryl methyl sites for hydroxylation is 2. The molecule has 0 aliphatic rings. The molecule has 5 heteroatoms. The van der Waals surface area contributed by atoms with Gasteiger partial charge in [0.05, 0.1) is 18.0 Å². The van der Waals surface area contributed by atoms with E-state index in [0.717, 1.165) is 16.3 Å². The highest BCUT2D eigenvalue weighted by Gasteiger charge is 2.12. The minimum absolute atomic E-state index is 0.593. The molecule has 0 saturated carbocycles. The van der Waals surface area contributed by atoms with Crippen LogP contribution < -0.4 is 10.5 Å². The van der Waals surface area contributed by atoms with Crippen LogP contribution in [0.5, 0.6) is 5.75 Å². The van der Waals surface area contributed by atoms with Crippen LogP contribution in [0.25, 0.3) is 0 Å². The summed E-state index contributed by atoms with van der Waals surface area (Å²) in [5, 5.41) is 0.602. The number of nitrogens with zero attached hydrogens (tertiary/aromatic N) is 1. The molecule has 1 heterocycles. The van der Waals surface area contributed by atoms with Crippen LogP contribution in [-0.4, -0.2) is 11.6 Å². The number of hydrogen-bond acceptors (Lipinski definition) is 5. The number of para-hydroxylation sites is 1. The van der Waals surface area contributed by atoms with Gasteiger partial charge in [0, 0.05) is 4.90 Å². The zero-order valence-electron chi connectivity index (χ0n) is 10.7. The summed E-state index contributed by atoms with van der Waals surface area (Å²) in [6.45, 7) is 6.34. The van der Waals surface area contributed by atoms with Crippen LogP contribution in [0.4, 0.5) is 5.69 Å². The lowest BCUT2D eigenvalue weighted by molar-refractivity contribution is 0.341. The first-order chi connectivity index (χ1) is 8.61. The molecular formula is C13H16N2O2S. The molecule has 0 spiro atoms. The number of aromatic nitrogens is 1. The normalized spacial score (nSPS) is 10.6. The summed E-state index contributed by atoms with van der Waals surface area (Å²) in [4.78, 5) is 5.21. The molecule has 0 bridgehead atoms. The Kier molecular flexibility index (Phi) is 3.81. The number of nitrogens with two attached hydrogens (primary N) is 1. The van der Waals surface area contributed by atoms with E-state index in [9.17, 15) is 0 Å². The standard InChI is InChI=1S/C13H16N2O2S/c1-4-16-10-6-5-7-11(12(10)14)18-13-15-8(2)9(3)17-13/h5-7H,4,14H2,1-3H3. The van der Waals surface area contributed by atoms with E-state index in [1.165, 1.54) is 11.8 Å². The van der Waals surface area contributed by atoms with Gasteiger partial charge in [-0.15, -0.1) is 0 Å². The first kappa shape index (κ1) is 12.8. The molecule has 0 radical (unpaired) electrons. The highest BCUT2D eigenvalue weighted by atomic mass is 32.2. The van der Waals surface area contributed by atoms with Crippen LogP contribution in [0.15, 0.2) is 32.7 Å². The van der Waals surface area contributed by atoms with Gasteiger partial charge in [-0.3, -0.25) is 0 Å². The van der Waals surface area contributed by atoms with Crippen molar-refractivity contribution in [1.82, 2.24) is 4.98 Å². The van der Waals surface area contributed by atoms with Crippen molar-refractivity contribution in [1.29, 1.82) is 0 Å². The summed E-state index contributed by atoms with van der Waals surface area (Å²) >= 11 is 1.41. The molecule has 0 aliphatic carbocycles. The van der Waals surface area contributed by atoms with Gasteiger partial charge in [0.2, 0.25) is 0 Å². The maximum Gasteiger partial charge on any atom is 0.261 e. The molecule has 96 valence electrons. The molecule has 1 aromatic carbocycles. The van der Waals surface area contributed by atoms with E-state index in [1.807, 2.05) is 39.0 Å². The minimum atomic E-state index is 0.593. The van der Waals surface area contributed by atoms with E-state index in [0.29, 0.717) is 23.3 Å². The fraction of sp³-hybridized carbons (Fsp3) is 0.308. The highest BCUT2D eigenvalue weighted by molar-refractivity contribution is 7.99. The SMILES string of the molecule is CCOc1cccc(Sc2nc(C)c(C)o2)c1N. The lowest BCUT2D eigenvalue weighted by atomic mass is 10.3. The van der Waals surface area contributed by atoms with Gasteiger partial charge in [0.25, 0.3) is 5.22 Å². The Bertz CT molecular complexity index is 532. The number of hydrogen-bond donors (Lipinski definition) is 1. The fourth-order valence-corrected chi connectivity index (χ4v) is 2.37. The van der Waals surface area contributed by atoms with Crippen LogP contribution in [0.3, 0.4) is 0 Å². The molecule has 0 fully saturated rings. The fourth-order valence-electron chi connectivity index (χ4n) is 1.48. The van der Waals surface area contributed by atoms with Crippen molar-refractivity contribution >= 4 is 17.4 Å². The molecule has 0 saturated heterocycles. The van der Waals surface area contributed by atoms with E-state index < -0.39 is 0 Å². The second kappa shape index (κ2) is 5.35. The summed E-state index contributed by atoms with van der Waals surface area (Å²) in [7, 11) is 0. The summed E-state index contributed by atoms with van der Waals surface area (Å²) in [6, 6.07) is 5.69. The van der Waals surface area contributed by atoms with Gasteiger partial charge >= 0.3 is 0 Å². The highest BCUT2D eigenvalue weighted by Crippen LogP contribution is 2.36. The van der Waals surface area contributed by atoms with Gasteiger partial charge in [0.1, 0.15) is 11.5 Å². The van der Waals surface area contributed by atoms with E-state index in [1.54, 1.807) is 0 Å². The van der Waals surface area contributed by atoms with Gasteiger partial charge in [-0.1, -0.05) is 6.07 Å². The Morgan fingerprint density at radius 1 is 1.39 bits per heavy atom. The number of benzene rings is 1. The maximum absolute atomic E-state index is 6.05. The molecule has 4 nitrogen and oxygen atoms in total. The van der Waals surface area contributed by atoms with Crippen LogP contribution in [0.2, 0.25) is 0 Å². The molecule has 2 aromatic rings. The molecular weight excluding hydrogens is 248 g/mol. The van der Waals surface area contributed by atoms with Gasteiger partial charge in [-0.2, -0.15) is 0 Å². The van der Waals surface area contributed by atoms with Crippen LogP contribution in [0.1, 0.15) is 18.4 Å². The van der Waals surface area contributed by atoms with Crippen molar-refractivity contribution in [2.24, 2.45) is 0 Å². The summed E-state index contributed by atoms with van der Waals surface area (Å²) in [6.07, 6.45) is 0. The molecule has 2 N–H and O–H groups in total. The van der Waals surface area contributed by atoms with E-state index in [2.05, 4.69) is 4.98 Å². The molecule has 2 rings (SSSR count). The third-order valence-electron chi connectivity index (χ3n) is 2.53. The first-order valence-corrected chi connectivity index (χ1v) is 6.56. The third kappa shape index (κ3) is 2.61. The quantitative estimate of drug-likeness (QED) is 0.857. The third-order valence-corrected chi connectivity index (χ3v) is 3.46.